The molecule has 0 radical (unpaired) electrons. The van der Waals surface area contributed by atoms with E-state index in [1.54, 1.807) is 19.2 Å². The van der Waals surface area contributed by atoms with Crippen molar-refractivity contribution < 1.29 is 9.53 Å². The van der Waals surface area contributed by atoms with Crippen molar-refractivity contribution in [3.05, 3.63) is 53.1 Å². The summed E-state index contributed by atoms with van der Waals surface area (Å²) in [5.41, 5.74) is 2.36. The fraction of sp³-hybridized carbons (Fsp3) is 0.188. The molecule has 0 saturated heterocycles. The molecule has 0 bridgehead atoms. The average molecular weight is 290 g/mol. The first kappa shape index (κ1) is 14.4. The van der Waals surface area contributed by atoms with Gasteiger partial charge in [0.1, 0.15) is 5.75 Å². The smallest absolute Gasteiger partial charge is 0.161 e. The van der Waals surface area contributed by atoms with Gasteiger partial charge in [0.05, 0.1) is 17.8 Å². The lowest BCUT2D eigenvalue weighted by atomic mass is 10.1. The summed E-state index contributed by atoms with van der Waals surface area (Å²) in [6, 6.07) is 13.1. The molecular weight excluding hydrogens is 274 g/mol. The lowest BCUT2D eigenvalue weighted by molar-refractivity contribution is 0.101. The Morgan fingerprint density at radius 1 is 1.20 bits per heavy atom. The summed E-state index contributed by atoms with van der Waals surface area (Å²) in [5.74, 6) is 0.739. The Morgan fingerprint density at radius 2 is 1.90 bits per heavy atom. The first-order valence-corrected chi connectivity index (χ1v) is 6.59. The summed E-state index contributed by atoms with van der Waals surface area (Å²) >= 11 is 6.15. The molecule has 0 aliphatic carbocycles. The number of carbonyl (C=O) groups is 1. The number of hydrogen-bond donors (Lipinski definition) is 0. The van der Waals surface area contributed by atoms with E-state index in [2.05, 4.69) is 0 Å². The van der Waals surface area contributed by atoms with Gasteiger partial charge in [-0.3, -0.25) is 4.79 Å². The molecule has 0 unspecified atom stereocenters. The minimum Gasteiger partial charge on any atom is -0.495 e. The number of methoxy groups -OCH3 is 1. The molecule has 0 fully saturated rings. The summed E-state index contributed by atoms with van der Waals surface area (Å²) in [6.07, 6.45) is 0. The molecule has 2 rings (SSSR count). The van der Waals surface area contributed by atoms with Crippen LogP contribution in [0.25, 0.3) is 0 Å². The average Bonchev–Trinajstić information content (AvgIpc) is 2.45. The van der Waals surface area contributed by atoms with Crippen molar-refractivity contribution in [3.8, 4) is 5.75 Å². The van der Waals surface area contributed by atoms with E-state index in [4.69, 9.17) is 16.3 Å². The highest BCUT2D eigenvalue weighted by Gasteiger charge is 2.12. The molecule has 0 aromatic heterocycles. The maximum Gasteiger partial charge on any atom is 0.161 e. The molecule has 3 nitrogen and oxygen atoms in total. The van der Waals surface area contributed by atoms with Crippen molar-refractivity contribution in [3.63, 3.8) is 0 Å². The van der Waals surface area contributed by atoms with Gasteiger partial charge in [-0.15, -0.1) is 0 Å². The van der Waals surface area contributed by atoms with Gasteiger partial charge in [-0.2, -0.15) is 0 Å². The number of carbonyl (C=O) groups excluding carboxylic acids is 1. The second kappa shape index (κ2) is 5.97. The molecule has 2 aromatic carbocycles. The van der Waals surface area contributed by atoms with Gasteiger partial charge in [-0.05, 0) is 37.3 Å². The van der Waals surface area contributed by atoms with E-state index in [9.17, 15) is 4.79 Å². The van der Waals surface area contributed by atoms with Crippen LogP contribution in [-0.4, -0.2) is 19.9 Å². The molecule has 0 saturated carbocycles. The molecule has 0 spiro atoms. The highest BCUT2D eigenvalue weighted by atomic mass is 35.5. The largest absolute Gasteiger partial charge is 0.495 e. The molecule has 0 atom stereocenters. The quantitative estimate of drug-likeness (QED) is 0.785. The number of ketones is 1. The fourth-order valence-electron chi connectivity index (χ4n) is 2.04. The Balaban J connectivity index is 2.41. The molecule has 0 aliphatic heterocycles. The summed E-state index contributed by atoms with van der Waals surface area (Å²) in [4.78, 5) is 13.4. The molecule has 2 aromatic rings. The first-order chi connectivity index (χ1) is 9.54. The number of rotatable bonds is 4. The van der Waals surface area contributed by atoms with Crippen LogP contribution in [0, 0.1) is 0 Å². The Kier molecular flexibility index (Phi) is 4.30. The fourth-order valence-corrected chi connectivity index (χ4v) is 2.35. The molecule has 0 heterocycles. The maximum atomic E-state index is 11.4. The molecule has 0 amide bonds. The molecule has 0 N–H and O–H groups in total. The van der Waals surface area contributed by atoms with Crippen molar-refractivity contribution in [2.75, 3.05) is 19.1 Å². The molecule has 4 heteroatoms. The highest BCUT2D eigenvalue weighted by molar-refractivity contribution is 6.34. The SMILES string of the molecule is COc1ccccc1N(C)c1ccc(C(C)=O)c(Cl)c1. The molecule has 0 aliphatic rings. The zero-order valence-electron chi connectivity index (χ0n) is 11.7. The van der Waals surface area contributed by atoms with Gasteiger partial charge in [0.25, 0.3) is 0 Å². The number of ether oxygens (including phenoxy) is 1. The van der Waals surface area contributed by atoms with Crippen LogP contribution < -0.4 is 9.64 Å². The number of halogens is 1. The zero-order valence-corrected chi connectivity index (χ0v) is 12.4. The van der Waals surface area contributed by atoms with Gasteiger partial charge < -0.3 is 9.64 Å². The van der Waals surface area contributed by atoms with E-state index in [-0.39, 0.29) is 5.78 Å². The second-order valence-electron chi connectivity index (χ2n) is 4.45. The molecule has 20 heavy (non-hydrogen) atoms. The Morgan fingerprint density at radius 3 is 2.50 bits per heavy atom. The normalized spacial score (nSPS) is 10.2. The lowest BCUT2D eigenvalue weighted by Gasteiger charge is -2.22. The third kappa shape index (κ3) is 2.78. The van der Waals surface area contributed by atoms with Gasteiger partial charge in [0.2, 0.25) is 0 Å². The van der Waals surface area contributed by atoms with E-state index in [1.807, 2.05) is 42.3 Å². The predicted molar refractivity (Wildman–Crippen MR) is 82.5 cm³/mol. The van der Waals surface area contributed by atoms with E-state index < -0.39 is 0 Å². The van der Waals surface area contributed by atoms with Crippen molar-refractivity contribution >= 4 is 28.8 Å². The number of anilines is 2. The van der Waals surface area contributed by atoms with Crippen LogP contribution in [0.15, 0.2) is 42.5 Å². The first-order valence-electron chi connectivity index (χ1n) is 6.22. The topological polar surface area (TPSA) is 29.5 Å². The van der Waals surface area contributed by atoms with Crippen molar-refractivity contribution in [1.29, 1.82) is 0 Å². The summed E-state index contributed by atoms with van der Waals surface area (Å²) < 4.78 is 5.35. The van der Waals surface area contributed by atoms with Crippen LogP contribution in [0.2, 0.25) is 5.02 Å². The van der Waals surface area contributed by atoms with E-state index in [0.29, 0.717) is 10.6 Å². The van der Waals surface area contributed by atoms with Gasteiger partial charge in [-0.1, -0.05) is 23.7 Å². The second-order valence-corrected chi connectivity index (χ2v) is 4.86. The third-order valence-electron chi connectivity index (χ3n) is 3.17. The minimum atomic E-state index is -0.0403. The van der Waals surface area contributed by atoms with E-state index >= 15 is 0 Å². The Labute approximate surface area is 123 Å². The maximum absolute atomic E-state index is 11.4. The van der Waals surface area contributed by atoms with Crippen LogP contribution in [-0.2, 0) is 0 Å². The molecule has 104 valence electrons. The van der Waals surface area contributed by atoms with Crippen LogP contribution >= 0.6 is 11.6 Å². The summed E-state index contributed by atoms with van der Waals surface area (Å²) in [5, 5.41) is 0.455. The lowest BCUT2D eigenvalue weighted by Crippen LogP contribution is -2.11. The van der Waals surface area contributed by atoms with Crippen molar-refractivity contribution in [1.82, 2.24) is 0 Å². The van der Waals surface area contributed by atoms with Gasteiger partial charge in [0, 0.05) is 18.3 Å². The minimum absolute atomic E-state index is 0.0403. The number of benzene rings is 2. The standard InChI is InChI=1S/C16H16ClNO2/c1-11(19)13-9-8-12(10-14(13)17)18(2)15-6-4-5-7-16(15)20-3/h4-10H,1-3H3. The van der Waals surface area contributed by atoms with Gasteiger partial charge in [-0.25, -0.2) is 0 Å². The monoisotopic (exact) mass is 289 g/mol. The van der Waals surface area contributed by atoms with Crippen LogP contribution in [0.4, 0.5) is 11.4 Å². The number of nitrogens with zero attached hydrogens (tertiary/aromatic N) is 1. The van der Waals surface area contributed by atoms with Gasteiger partial charge >= 0.3 is 0 Å². The Bertz CT molecular complexity index is 640. The molecular formula is C16H16ClNO2. The summed E-state index contributed by atoms with van der Waals surface area (Å²) in [6.45, 7) is 1.50. The highest BCUT2D eigenvalue weighted by Crippen LogP contribution is 2.33. The third-order valence-corrected chi connectivity index (χ3v) is 3.48. The number of Topliss-reactive ketones (excluding diaryl/α,β-unsaturated/α-hetero) is 1. The van der Waals surface area contributed by atoms with Crippen molar-refractivity contribution in [2.45, 2.75) is 6.92 Å². The Hall–Kier alpha value is -2.00. The number of hydrogen-bond acceptors (Lipinski definition) is 3. The van der Waals surface area contributed by atoms with E-state index in [0.717, 1.165) is 17.1 Å². The van der Waals surface area contributed by atoms with Gasteiger partial charge in [0.15, 0.2) is 5.78 Å². The number of para-hydroxylation sites is 2. The van der Waals surface area contributed by atoms with Crippen LogP contribution in [0.1, 0.15) is 17.3 Å². The van der Waals surface area contributed by atoms with E-state index in [1.165, 1.54) is 6.92 Å². The summed E-state index contributed by atoms with van der Waals surface area (Å²) in [7, 11) is 3.56. The van der Waals surface area contributed by atoms with Crippen molar-refractivity contribution in [2.24, 2.45) is 0 Å². The van der Waals surface area contributed by atoms with Crippen LogP contribution in [0.5, 0.6) is 5.75 Å². The predicted octanol–water partition coefficient (Wildman–Crippen LogP) is 4.32. The van der Waals surface area contributed by atoms with Crippen LogP contribution in [0.3, 0.4) is 0 Å². The zero-order chi connectivity index (χ0) is 14.7.